The number of aromatic nitrogens is 1. The Morgan fingerprint density at radius 1 is 1.29 bits per heavy atom. The van der Waals surface area contributed by atoms with E-state index in [0.29, 0.717) is 23.7 Å². The molecule has 2 heterocycles. The zero-order valence-corrected chi connectivity index (χ0v) is 9.80. The molecule has 2 fully saturated rings. The highest BCUT2D eigenvalue weighted by molar-refractivity contribution is 5.62. The highest BCUT2D eigenvalue weighted by Gasteiger charge is 2.36. The average Bonchev–Trinajstić information content (AvgIpc) is 2.80. The van der Waals surface area contributed by atoms with E-state index >= 15 is 0 Å². The van der Waals surface area contributed by atoms with Crippen LogP contribution in [0.1, 0.15) is 19.3 Å². The van der Waals surface area contributed by atoms with Gasteiger partial charge in [-0.2, -0.15) is 0 Å². The number of nitrogens with zero attached hydrogens (tertiary/aromatic N) is 2. The van der Waals surface area contributed by atoms with Gasteiger partial charge in [-0.05, 0) is 31.4 Å². The number of pyridine rings is 1. The van der Waals surface area contributed by atoms with Crippen molar-refractivity contribution in [2.45, 2.75) is 31.4 Å². The van der Waals surface area contributed by atoms with Gasteiger partial charge in [0.25, 0.3) is 0 Å². The quantitative estimate of drug-likeness (QED) is 0.758. The Labute approximate surface area is 101 Å². The lowest BCUT2D eigenvalue weighted by atomic mass is 10.1. The van der Waals surface area contributed by atoms with Gasteiger partial charge in [0.1, 0.15) is 11.6 Å². The van der Waals surface area contributed by atoms with Crippen molar-refractivity contribution in [3.8, 4) is 0 Å². The number of nitrogen functional groups attached to an aromatic ring is 2. The topological polar surface area (TPSA) is 77.4 Å². The van der Waals surface area contributed by atoms with E-state index < -0.39 is 0 Å². The van der Waals surface area contributed by atoms with Crippen LogP contribution in [0.25, 0.3) is 0 Å². The van der Waals surface area contributed by atoms with E-state index in [1.54, 1.807) is 0 Å². The molecule has 0 amide bonds. The predicted molar refractivity (Wildman–Crippen MR) is 67.8 cm³/mol. The van der Waals surface area contributed by atoms with Crippen molar-refractivity contribution < 1.29 is 4.74 Å². The van der Waals surface area contributed by atoms with Gasteiger partial charge in [-0.25, -0.2) is 4.98 Å². The number of anilines is 3. The standard InChI is InChI=1S/C12H18N4O/c13-8-4-5-11(15-12(8)14)16-6-7-17-10-3-1-2-9(10)16/h4-5,9-10H,1-3,6-7,13H2,(H2,14,15). The van der Waals surface area contributed by atoms with E-state index in [2.05, 4.69) is 9.88 Å². The summed E-state index contributed by atoms with van der Waals surface area (Å²) in [5, 5.41) is 0. The molecule has 5 heteroatoms. The van der Waals surface area contributed by atoms with Crippen LogP contribution in [0.15, 0.2) is 12.1 Å². The van der Waals surface area contributed by atoms with Crippen molar-refractivity contribution >= 4 is 17.3 Å². The molecule has 3 rings (SSSR count). The van der Waals surface area contributed by atoms with Gasteiger partial charge in [-0.15, -0.1) is 0 Å². The van der Waals surface area contributed by atoms with Gasteiger partial charge >= 0.3 is 0 Å². The van der Waals surface area contributed by atoms with Gasteiger partial charge in [0.15, 0.2) is 0 Å². The summed E-state index contributed by atoms with van der Waals surface area (Å²) >= 11 is 0. The van der Waals surface area contributed by atoms with E-state index in [9.17, 15) is 0 Å². The molecule has 1 saturated heterocycles. The molecule has 1 aromatic heterocycles. The van der Waals surface area contributed by atoms with E-state index in [-0.39, 0.29) is 0 Å². The minimum Gasteiger partial charge on any atom is -0.396 e. The minimum atomic E-state index is 0.365. The second kappa shape index (κ2) is 4.07. The van der Waals surface area contributed by atoms with Crippen molar-refractivity contribution in [1.29, 1.82) is 0 Å². The third-order valence-corrected chi connectivity index (χ3v) is 3.72. The van der Waals surface area contributed by atoms with Crippen molar-refractivity contribution in [2.75, 3.05) is 29.5 Å². The van der Waals surface area contributed by atoms with Crippen LogP contribution < -0.4 is 16.4 Å². The summed E-state index contributed by atoms with van der Waals surface area (Å²) in [6, 6.07) is 4.24. The van der Waals surface area contributed by atoms with E-state index in [1.165, 1.54) is 12.8 Å². The van der Waals surface area contributed by atoms with Gasteiger partial charge in [-0.3, -0.25) is 0 Å². The summed E-state index contributed by atoms with van der Waals surface area (Å²) < 4.78 is 5.78. The molecule has 1 aromatic rings. The largest absolute Gasteiger partial charge is 0.396 e. The molecule has 4 N–H and O–H groups in total. The van der Waals surface area contributed by atoms with Crippen LogP contribution in [0.4, 0.5) is 17.3 Å². The lowest BCUT2D eigenvalue weighted by Crippen LogP contribution is -2.49. The molecule has 0 aromatic carbocycles. The van der Waals surface area contributed by atoms with Gasteiger partial charge in [0.2, 0.25) is 0 Å². The first-order valence-corrected chi connectivity index (χ1v) is 6.16. The molecule has 2 atom stereocenters. The molecule has 0 bridgehead atoms. The molecule has 2 unspecified atom stereocenters. The second-order valence-corrected chi connectivity index (χ2v) is 4.74. The molecule has 2 aliphatic rings. The Bertz CT molecular complexity index is 423. The number of rotatable bonds is 1. The fraction of sp³-hybridized carbons (Fsp3) is 0.583. The lowest BCUT2D eigenvalue weighted by Gasteiger charge is -2.38. The normalized spacial score (nSPS) is 28.1. The first-order chi connectivity index (χ1) is 8.25. The average molecular weight is 234 g/mol. The van der Waals surface area contributed by atoms with Crippen molar-refractivity contribution in [3.63, 3.8) is 0 Å². The maximum absolute atomic E-state index is 5.78. The highest BCUT2D eigenvalue weighted by Crippen LogP contribution is 2.33. The Kier molecular flexibility index (Phi) is 2.55. The number of fused-ring (bicyclic) bond motifs is 1. The maximum atomic E-state index is 5.78. The summed E-state index contributed by atoms with van der Waals surface area (Å²) in [5.74, 6) is 1.35. The van der Waals surface area contributed by atoms with Crippen LogP contribution in [-0.2, 0) is 4.74 Å². The van der Waals surface area contributed by atoms with Crippen LogP contribution in [-0.4, -0.2) is 30.3 Å². The fourth-order valence-electron chi connectivity index (χ4n) is 2.84. The van der Waals surface area contributed by atoms with Crippen LogP contribution in [0.3, 0.4) is 0 Å². The lowest BCUT2D eigenvalue weighted by molar-refractivity contribution is 0.0253. The molecule has 0 radical (unpaired) electrons. The number of hydrogen-bond donors (Lipinski definition) is 2. The van der Waals surface area contributed by atoms with Gasteiger partial charge in [0.05, 0.1) is 24.4 Å². The zero-order chi connectivity index (χ0) is 11.8. The highest BCUT2D eigenvalue weighted by atomic mass is 16.5. The molecule has 1 saturated carbocycles. The number of nitrogens with two attached hydrogens (primary N) is 2. The summed E-state index contributed by atoms with van der Waals surface area (Å²) in [6.45, 7) is 1.66. The number of hydrogen-bond acceptors (Lipinski definition) is 5. The Hall–Kier alpha value is -1.49. The summed E-state index contributed by atoms with van der Waals surface area (Å²) in [7, 11) is 0. The molecule has 0 spiro atoms. The summed E-state index contributed by atoms with van der Waals surface area (Å²) in [4.78, 5) is 6.70. The minimum absolute atomic E-state index is 0.365. The fourth-order valence-corrected chi connectivity index (χ4v) is 2.84. The van der Waals surface area contributed by atoms with E-state index in [1.807, 2.05) is 12.1 Å². The van der Waals surface area contributed by atoms with E-state index in [4.69, 9.17) is 16.2 Å². The Balaban J connectivity index is 1.89. The van der Waals surface area contributed by atoms with Gasteiger partial charge in [0, 0.05) is 6.54 Å². The molecule has 5 nitrogen and oxygen atoms in total. The third kappa shape index (κ3) is 1.80. The first kappa shape index (κ1) is 10.7. The van der Waals surface area contributed by atoms with Crippen molar-refractivity contribution in [3.05, 3.63) is 12.1 Å². The number of ether oxygens (including phenoxy) is 1. The van der Waals surface area contributed by atoms with Crippen LogP contribution in [0, 0.1) is 0 Å². The smallest absolute Gasteiger partial charge is 0.149 e. The second-order valence-electron chi connectivity index (χ2n) is 4.74. The van der Waals surface area contributed by atoms with Crippen LogP contribution >= 0.6 is 0 Å². The van der Waals surface area contributed by atoms with Crippen molar-refractivity contribution in [1.82, 2.24) is 4.98 Å². The third-order valence-electron chi connectivity index (χ3n) is 3.72. The SMILES string of the molecule is Nc1ccc(N2CCOC3CCCC32)nc1N. The summed E-state index contributed by atoms with van der Waals surface area (Å²) in [5.41, 5.74) is 12.0. The van der Waals surface area contributed by atoms with E-state index in [0.717, 1.165) is 25.4 Å². The van der Waals surface area contributed by atoms with Crippen LogP contribution in [0.5, 0.6) is 0 Å². The number of morpholine rings is 1. The molecule has 17 heavy (non-hydrogen) atoms. The predicted octanol–water partition coefficient (Wildman–Crippen LogP) is 1.00. The van der Waals surface area contributed by atoms with Gasteiger partial charge in [-0.1, -0.05) is 0 Å². The molecule has 92 valence electrons. The molecular weight excluding hydrogens is 216 g/mol. The Morgan fingerprint density at radius 2 is 2.18 bits per heavy atom. The monoisotopic (exact) mass is 234 g/mol. The molecule has 1 aliphatic carbocycles. The van der Waals surface area contributed by atoms with Gasteiger partial charge < -0.3 is 21.1 Å². The van der Waals surface area contributed by atoms with Crippen molar-refractivity contribution in [2.24, 2.45) is 0 Å². The van der Waals surface area contributed by atoms with Crippen LogP contribution in [0.2, 0.25) is 0 Å². The first-order valence-electron chi connectivity index (χ1n) is 6.16. The Morgan fingerprint density at radius 3 is 3.00 bits per heavy atom. The maximum Gasteiger partial charge on any atom is 0.149 e. The molecular formula is C12H18N4O. The summed E-state index contributed by atoms with van der Waals surface area (Å²) in [6.07, 6.45) is 3.93. The zero-order valence-electron chi connectivity index (χ0n) is 9.80. The molecule has 1 aliphatic heterocycles.